The lowest BCUT2D eigenvalue weighted by molar-refractivity contribution is 0.0869. The minimum absolute atomic E-state index is 0.388. The molecule has 2 atom stereocenters. The van der Waals surface area contributed by atoms with Crippen molar-refractivity contribution in [1.82, 2.24) is 0 Å². The van der Waals surface area contributed by atoms with Gasteiger partial charge in [0.1, 0.15) is 0 Å². The third-order valence-corrected chi connectivity index (χ3v) is 2.03. The van der Waals surface area contributed by atoms with Crippen molar-refractivity contribution in [3.8, 4) is 0 Å². The van der Waals surface area contributed by atoms with Crippen molar-refractivity contribution >= 4 is 0 Å². The number of ether oxygens (including phenoxy) is 2. The molecule has 0 N–H and O–H groups in total. The molecule has 0 fully saturated rings. The van der Waals surface area contributed by atoms with E-state index >= 15 is 0 Å². The molecule has 0 heterocycles. The van der Waals surface area contributed by atoms with Crippen molar-refractivity contribution in [3.63, 3.8) is 0 Å². The Morgan fingerprint density at radius 2 is 1.27 bits per heavy atom. The Morgan fingerprint density at radius 3 is 1.55 bits per heavy atom. The predicted molar refractivity (Wildman–Crippen MR) is 46.8 cm³/mol. The van der Waals surface area contributed by atoms with Gasteiger partial charge in [-0.05, 0) is 33.1 Å². The lowest BCUT2D eigenvalue weighted by Crippen LogP contribution is -2.08. The summed E-state index contributed by atoms with van der Waals surface area (Å²) in [6, 6.07) is 0. The van der Waals surface area contributed by atoms with Crippen molar-refractivity contribution in [2.45, 2.75) is 45.3 Å². The molecule has 2 unspecified atom stereocenters. The normalized spacial score (nSPS) is 16.4. The minimum Gasteiger partial charge on any atom is -0.382 e. The standard InChI is InChI=1S/C9H20O2/c1-8(10-3)6-5-7-9(2)11-4/h8-9H,5-7H2,1-4H3. The van der Waals surface area contributed by atoms with Crippen LogP contribution in [0.1, 0.15) is 33.1 Å². The zero-order valence-electron chi connectivity index (χ0n) is 8.09. The summed E-state index contributed by atoms with van der Waals surface area (Å²) < 4.78 is 10.2. The Hall–Kier alpha value is -0.0800. The molecule has 0 saturated heterocycles. The number of hydrogen-bond acceptors (Lipinski definition) is 2. The third-order valence-electron chi connectivity index (χ3n) is 2.03. The summed E-state index contributed by atoms with van der Waals surface area (Å²) >= 11 is 0. The van der Waals surface area contributed by atoms with E-state index in [0.717, 1.165) is 12.8 Å². The lowest BCUT2D eigenvalue weighted by Gasteiger charge is -2.11. The summed E-state index contributed by atoms with van der Waals surface area (Å²) in [5, 5.41) is 0. The average Bonchev–Trinajstić information content (AvgIpc) is 2.04. The maximum absolute atomic E-state index is 5.12. The second-order valence-electron chi connectivity index (χ2n) is 3.02. The van der Waals surface area contributed by atoms with E-state index in [1.165, 1.54) is 6.42 Å². The molecule has 0 radical (unpaired) electrons. The first kappa shape index (κ1) is 10.9. The van der Waals surface area contributed by atoms with Crippen LogP contribution in [0, 0.1) is 0 Å². The molecule has 0 aliphatic rings. The smallest absolute Gasteiger partial charge is 0.0543 e. The van der Waals surface area contributed by atoms with Crippen LogP contribution < -0.4 is 0 Å². The van der Waals surface area contributed by atoms with Crippen LogP contribution in [0.3, 0.4) is 0 Å². The van der Waals surface area contributed by atoms with Crippen LogP contribution in [-0.2, 0) is 9.47 Å². The Bertz CT molecular complexity index is 73.6. The molecule has 0 aromatic carbocycles. The molecule has 0 saturated carbocycles. The Morgan fingerprint density at radius 1 is 0.909 bits per heavy atom. The fourth-order valence-corrected chi connectivity index (χ4v) is 0.928. The van der Waals surface area contributed by atoms with Crippen molar-refractivity contribution in [2.24, 2.45) is 0 Å². The maximum Gasteiger partial charge on any atom is 0.0543 e. The van der Waals surface area contributed by atoms with Gasteiger partial charge < -0.3 is 9.47 Å². The predicted octanol–water partition coefficient (Wildman–Crippen LogP) is 2.23. The molecule has 0 amide bonds. The molecule has 0 spiro atoms. The highest BCUT2D eigenvalue weighted by molar-refractivity contribution is 4.54. The van der Waals surface area contributed by atoms with Crippen LogP contribution >= 0.6 is 0 Å². The van der Waals surface area contributed by atoms with Crippen LogP contribution in [0.5, 0.6) is 0 Å². The number of hydrogen-bond donors (Lipinski definition) is 0. The summed E-state index contributed by atoms with van der Waals surface area (Å²) in [6.45, 7) is 4.19. The first-order chi connectivity index (χ1) is 5.20. The van der Waals surface area contributed by atoms with E-state index < -0.39 is 0 Å². The van der Waals surface area contributed by atoms with E-state index in [4.69, 9.17) is 9.47 Å². The highest BCUT2D eigenvalue weighted by Crippen LogP contribution is 2.07. The van der Waals surface area contributed by atoms with E-state index in [9.17, 15) is 0 Å². The summed E-state index contributed by atoms with van der Waals surface area (Å²) in [7, 11) is 3.51. The van der Waals surface area contributed by atoms with Gasteiger partial charge in [-0.1, -0.05) is 0 Å². The molecule has 0 rings (SSSR count). The van der Waals surface area contributed by atoms with Gasteiger partial charge in [0.25, 0.3) is 0 Å². The molecule has 68 valence electrons. The highest BCUT2D eigenvalue weighted by Gasteiger charge is 2.02. The van der Waals surface area contributed by atoms with E-state index in [2.05, 4.69) is 13.8 Å². The quantitative estimate of drug-likeness (QED) is 0.593. The van der Waals surface area contributed by atoms with Gasteiger partial charge in [-0.15, -0.1) is 0 Å². The minimum atomic E-state index is 0.388. The summed E-state index contributed by atoms with van der Waals surface area (Å²) in [4.78, 5) is 0. The topological polar surface area (TPSA) is 18.5 Å². The zero-order valence-corrected chi connectivity index (χ0v) is 8.09. The number of methoxy groups -OCH3 is 2. The maximum atomic E-state index is 5.12. The summed E-state index contributed by atoms with van der Waals surface area (Å²) in [5.74, 6) is 0. The molecule has 2 nitrogen and oxygen atoms in total. The third kappa shape index (κ3) is 6.32. The van der Waals surface area contributed by atoms with Crippen LogP contribution in [0.25, 0.3) is 0 Å². The van der Waals surface area contributed by atoms with Crippen molar-refractivity contribution in [3.05, 3.63) is 0 Å². The van der Waals surface area contributed by atoms with E-state index in [0.29, 0.717) is 12.2 Å². The SMILES string of the molecule is COC(C)CCCC(C)OC. The molecular weight excluding hydrogens is 140 g/mol. The van der Waals surface area contributed by atoms with E-state index in [1.54, 1.807) is 14.2 Å². The van der Waals surface area contributed by atoms with Gasteiger partial charge in [-0.2, -0.15) is 0 Å². The molecule has 0 aliphatic carbocycles. The molecule has 0 aliphatic heterocycles. The molecule has 0 aromatic rings. The lowest BCUT2D eigenvalue weighted by atomic mass is 10.1. The summed E-state index contributed by atoms with van der Waals surface area (Å²) in [5.41, 5.74) is 0. The Balaban J connectivity index is 3.13. The van der Waals surface area contributed by atoms with E-state index in [-0.39, 0.29) is 0 Å². The van der Waals surface area contributed by atoms with Crippen LogP contribution in [0.4, 0.5) is 0 Å². The largest absolute Gasteiger partial charge is 0.382 e. The van der Waals surface area contributed by atoms with Crippen LogP contribution in [0.15, 0.2) is 0 Å². The second kappa shape index (κ2) is 6.62. The molecule has 11 heavy (non-hydrogen) atoms. The van der Waals surface area contributed by atoms with Crippen LogP contribution in [0.2, 0.25) is 0 Å². The first-order valence-corrected chi connectivity index (χ1v) is 4.26. The average molecular weight is 160 g/mol. The fourth-order valence-electron chi connectivity index (χ4n) is 0.928. The van der Waals surface area contributed by atoms with Gasteiger partial charge in [-0.25, -0.2) is 0 Å². The van der Waals surface area contributed by atoms with Gasteiger partial charge in [0.05, 0.1) is 12.2 Å². The number of rotatable bonds is 6. The second-order valence-corrected chi connectivity index (χ2v) is 3.02. The van der Waals surface area contributed by atoms with Gasteiger partial charge in [0.15, 0.2) is 0 Å². The first-order valence-electron chi connectivity index (χ1n) is 4.26. The Labute approximate surface area is 69.9 Å². The van der Waals surface area contributed by atoms with Gasteiger partial charge >= 0.3 is 0 Å². The summed E-state index contributed by atoms with van der Waals surface area (Å²) in [6.07, 6.45) is 4.22. The van der Waals surface area contributed by atoms with Gasteiger partial charge in [-0.3, -0.25) is 0 Å². The van der Waals surface area contributed by atoms with E-state index in [1.807, 2.05) is 0 Å². The van der Waals surface area contributed by atoms with Crippen LogP contribution in [-0.4, -0.2) is 26.4 Å². The fraction of sp³-hybridized carbons (Fsp3) is 1.00. The van der Waals surface area contributed by atoms with Crippen molar-refractivity contribution in [2.75, 3.05) is 14.2 Å². The molecular formula is C9H20O2. The monoisotopic (exact) mass is 160 g/mol. The molecule has 2 heteroatoms. The zero-order chi connectivity index (χ0) is 8.69. The highest BCUT2D eigenvalue weighted by atomic mass is 16.5. The van der Waals surface area contributed by atoms with Crippen molar-refractivity contribution in [1.29, 1.82) is 0 Å². The molecule has 0 aromatic heterocycles. The Kier molecular flexibility index (Phi) is 6.57. The van der Waals surface area contributed by atoms with Gasteiger partial charge in [0, 0.05) is 14.2 Å². The molecule has 0 bridgehead atoms. The van der Waals surface area contributed by atoms with Gasteiger partial charge in [0.2, 0.25) is 0 Å². The van der Waals surface area contributed by atoms with Crippen molar-refractivity contribution < 1.29 is 9.47 Å².